The van der Waals surface area contributed by atoms with Crippen LogP contribution < -0.4 is 9.47 Å². The molecular weight excluding hydrogens is 248 g/mol. The summed E-state index contributed by atoms with van der Waals surface area (Å²) in [5.74, 6) is 1.91. The number of hydrogen-bond donors (Lipinski definition) is 0. The van der Waals surface area contributed by atoms with Gasteiger partial charge in [-0.25, -0.2) is 0 Å². The number of benzene rings is 1. The van der Waals surface area contributed by atoms with Crippen LogP contribution in [0.1, 0.15) is 50.5 Å². The van der Waals surface area contributed by atoms with Crippen molar-refractivity contribution in [1.29, 1.82) is 0 Å². The van der Waals surface area contributed by atoms with Gasteiger partial charge in [-0.2, -0.15) is 0 Å². The molecule has 0 unspecified atom stereocenters. The molecule has 20 heavy (non-hydrogen) atoms. The van der Waals surface area contributed by atoms with Gasteiger partial charge in [0.2, 0.25) is 0 Å². The minimum absolute atomic E-state index is 0.809. The molecule has 0 saturated heterocycles. The SMILES string of the molecule is COc1cccc2c1C/C=C\CCCCCCCCO2. The summed E-state index contributed by atoms with van der Waals surface area (Å²) in [6.07, 6.45) is 14.4. The third-order valence-electron chi connectivity index (χ3n) is 3.82. The Morgan fingerprint density at radius 1 is 0.950 bits per heavy atom. The molecule has 2 heteroatoms. The van der Waals surface area contributed by atoms with E-state index in [1.165, 1.54) is 44.1 Å². The smallest absolute Gasteiger partial charge is 0.126 e. The topological polar surface area (TPSA) is 18.5 Å². The van der Waals surface area contributed by atoms with E-state index in [9.17, 15) is 0 Å². The van der Waals surface area contributed by atoms with E-state index in [1.807, 2.05) is 12.1 Å². The summed E-state index contributed by atoms with van der Waals surface area (Å²) >= 11 is 0. The molecule has 0 atom stereocenters. The fourth-order valence-corrected chi connectivity index (χ4v) is 2.65. The number of hydrogen-bond acceptors (Lipinski definition) is 2. The molecule has 0 saturated carbocycles. The fourth-order valence-electron chi connectivity index (χ4n) is 2.65. The molecule has 0 bridgehead atoms. The normalized spacial score (nSPS) is 19.2. The van der Waals surface area contributed by atoms with E-state index in [0.29, 0.717) is 0 Å². The second-order valence-corrected chi connectivity index (χ2v) is 5.37. The maximum atomic E-state index is 5.96. The summed E-state index contributed by atoms with van der Waals surface area (Å²) in [5, 5.41) is 0. The minimum atomic E-state index is 0.809. The zero-order chi connectivity index (χ0) is 14.0. The van der Waals surface area contributed by atoms with Gasteiger partial charge in [0.1, 0.15) is 11.5 Å². The number of methoxy groups -OCH3 is 1. The van der Waals surface area contributed by atoms with Crippen molar-refractivity contribution in [2.24, 2.45) is 0 Å². The molecule has 0 spiro atoms. The van der Waals surface area contributed by atoms with Gasteiger partial charge in [-0.15, -0.1) is 0 Å². The molecule has 0 amide bonds. The number of ether oxygens (including phenoxy) is 2. The zero-order valence-electron chi connectivity index (χ0n) is 12.6. The van der Waals surface area contributed by atoms with Crippen molar-refractivity contribution in [3.05, 3.63) is 35.9 Å². The van der Waals surface area contributed by atoms with E-state index in [2.05, 4.69) is 18.2 Å². The third kappa shape index (κ3) is 4.59. The number of fused-ring (bicyclic) bond motifs is 1. The van der Waals surface area contributed by atoms with E-state index in [4.69, 9.17) is 9.47 Å². The Bertz CT molecular complexity index is 423. The van der Waals surface area contributed by atoms with Gasteiger partial charge in [0, 0.05) is 5.56 Å². The van der Waals surface area contributed by atoms with Gasteiger partial charge in [0.15, 0.2) is 0 Å². The van der Waals surface area contributed by atoms with Crippen LogP contribution in [0.4, 0.5) is 0 Å². The standard InChI is InChI=1S/C18H26O2/c1-19-17-13-11-14-18-16(17)12-9-7-5-3-2-4-6-8-10-15-20-18/h7,9,11,13-14H,2-6,8,10,12,15H2,1H3/b9-7-. The quantitative estimate of drug-likeness (QED) is 0.677. The lowest BCUT2D eigenvalue weighted by Crippen LogP contribution is -2.02. The summed E-state index contributed by atoms with van der Waals surface area (Å²) in [6.45, 7) is 0.809. The molecule has 2 rings (SSSR count). The van der Waals surface area contributed by atoms with Crippen LogP contribution in [0.25, 0.3) is 0 Å². The van der Waals surface area contributed by atoms with E-state index >= 15 is 0 Å². The van der Waals surface area contributed by atoms with Crippen molar-refractivity contribution in [1.82, 2.24) is 0 Å². The minimum Gasteiger partial charge on any atom is -0.496 e. The molecule has 110 valence electrons. The van der Waals surface area contributed by atoms with Gasteiger partial charge in [-0.05, 0) is 37.8 Å². The second-order valence-electron chi connectivity index (χ2n) is 5.37. The Morgan fingerprint density at radius 3 is 2.60 bits per heavy atom. The maximum Gasteiger partial charge on any atom is 0.126 e. The zero-order valence-corrected chi connectivity index (χ0v) is 12.6. The monoisotopic (exact) mass is 274 g/mol. The largest absolute Gasteiger partial charge is 0.496 e. The average molecular weight is 274 g/mol. The van der Waals surface area contributed by atoms with Gasteiger partial charge >= 0.3 is 0 Å². The van der Waals surface area contributed by atoms with Crippen LogP contribution in [-0.2, 0) is 6.42 Å². The van der Waals surface area contributed by atoms with Crippen LogP contribution in [0.3, 0.4) is 0 Å². The number of allylic oxidation sites excluding steroid dienone is 2. The first-order valence-electron chi connectivity index (χ1n) is 7.85. The highest BCUT2D eigenvalue weighted by Crippen LogP contribution is 2.29. The molecular formula is C18H26O2. The summed E-state index contributed by atoms with van der Waals surface area (Å²) in [5.41, 5.74) is 1.17. The first kappa shape index (κ1) is 15.0. The molecule has 1 heterocycles. The highest BCUT2D eigenvalue weighted by molar-refractivity contribution is 5.45. The maximum absolute atomic E-state index is 5.96. The highest BCUT2D eigenvalue weighted by Gasteiger charge is 2.09. The van der Waals surface area contributed by atoms with Crippen molar-refractivity contribution in [2.45, 2.75) is 51.4 Å². The van der Waals surface area contributed by atoms with Gasteiger partial charge in [0.05, 0.1) is 13.7 Å². The Kier molecular flexibility index (Phi) is 6.49. The summed E-state index contributed by atoms with van der Waals surface area (Å²) in [7, 11) is 1.73. The van der Waals surface area contributed by atoms with E-state index in [-0.39, 0.29) is 0 Å². The van der Waals surface area contributed by atoms with Crippen LogP contribution in [0.5, 0.6) is 11.5 Å². The summed E-state index contributed by atoms with van der Waals surface area (Å²) in [4.78, 5) is 0. The summed E-state index contributed by atoms with van der Waals surface area (Å²) in [6, 6.07) is 6.07. The molecule has 0 aliphatic carbocycles. The Balaban J connectivity index is 2.11. The van der Waals surface area contributed by atoms with Gasteiger partial charge in [-0.3, -0.25) is 0 Å². The van der Waals surface area contributed by atoms with Crippen LogP contribution >= 0.6 is 0 Å². The van der Waals surface area contributed by atoms with Gasteiger partial charge < -0.3 is 9.47 Å². The predicted octanol–water partition coefficient (Wildman–Crippen LogP) is 4.92. The molecule has 2 nitrogen and oxygen atoms in total. The molecule has 0 aromatic heterocycles. The fraction of sp³-hybridized carbons (Fsp3) is 0.556. The van der Waals surface area contributed by atoms with Gasteiger partial charge in [0.25, 0.3) is 0 Å². The molecule has 0 N–H and O–H groups in total. The molecule has 1 aliphatic rings. The first-order chi connectivity index (χ1) is 9.92. The van der Waals surface area contributed by atoms with Crippen molar-refractivity contribution >= 4 is 0 Å². The molecule has 1 aromatic carbocycles. The average Bonchev–Trinajstić information content (AvgIpc) is 2.48. The molecule has 0 fully saturated rings. The Morgan fingerprint density at radius 2 is 1.75 bits per heavy atom. The Labute approximate surface area is 122 Å². The van der Waals surface area contributed by atoms with Crippen molar-refractivity contribution < 1.29 is 9.47 Å². The summed E-state index contributed by atoms with van der Waals surface area (Å²) < 4.78 is 11.4. The van der Waals surface area contributed by atoms with Crippen LogP contribution in [0, 0.1) is 0 Å². The van der Waals surface area contributed by atoms with Crippen molar-refractivity contribution in [3.63, 3.8) is 0 Å². The lowest BCUT2D eigenvalue weighted by molar-refractivity contribution is 0.299. The lowest BCUT2D eigenvalue weighted by atomic mass is 10.1. The lowest BCUT2D eigenvalue weighted by Gasteiger charge is -2.14. The molecule has 1 aliphatic heterocycles. The van der Waals surface area contributed by atoms with Crippen LogP contribution in [0.15, 0.2) is 30.4 Å². The first-order valence-corrected chi connectivity index (χ1v) is 7.85. The third-order valence-corrected chi connectivity index (χ3v) is 3.82. The predicted molar refractivity (Wildman–Crippen MR) is 83.7 cm³/mol. The van der Waals surface area contributed by atoms with Crippen LogP contribution in [-0.4, -0.2) is 13.7 Å². The molecule has 1 aromatic rings. The molecule has 0 radical (unpaired) electrons. The van der Waals surface area contributed by atoms with Crippen molar-refractivity contribution in [3.8, 4) is 11.5 Å². The van der Waals surface area contributed by atoms with Gasteiger partial charge in [-0.1, -0.05) is 43.9 Å². The van der Waals surface area contributed by atoms with E-state index in [1.54, 1.807) is 7.11 Å². The van der Waals surface area contributed by atoms with E-state index in [0.717, 1.165) is 30.9 Å². The van der Waals surface area contributed by atoms with E-state index < -0.39 is 0 Å². The highest BCUT2D eigenvalue weighted by atomic mass is 16.5. The van der Waals surface area contributed by atoms with Crippen molar-refractivity contribution in [2.75, 3.05) is 13.7 Å². The second kappa shape index (κ2) is 8.68. The van der Waals surface area contributed by atoms with Crippen LogP contribution in [0.2, 0.25) is 0 Å². The Hall–Kier alpha value is -1.44. The number of rotatable bonds is 1.